The van der Waals surface area contributed by atoms with Crippen molar-refractivity contribution in [2.24, 2.45) is 0 Å². The molecular formula is C28H37N9O3. The molecule has 3 heterocycles. The van der Waals surface area contributed by atoms with E-state index in [0.29, 0.717) is 43.1 Å². The van der Waals surface area contributed by atoms with Crippen LogP contribution in [0, 0.1) is 0 Å². The molecule has 0 unspecified atom stereocenters. The normalized spacial score (nSPS) is 11.3. The van der Waals surface area contributed by atoms with E-state index in [1.165, 1.54) is 0 Å². The SMILES string of the molecule is O=C(NCCCCCCCn1cc(-c2cccnc2)nn1)c1ccccc1-n1cc(CN(CCO)CCO)nn1. The zero-order valence-electron chi connectivity index (χ0n) is 22.6. The lowest BCUT2D eigenvalue weighted by atomic mass is 10.1. The molecule has 212 valence electrons. The molecule has 0 fully saturated rings. The molecule has 3 N–H and O–H groups in total. The highest BCUT2D eigenvalue weighted by molar-refractivity contribution is 5.97. The zero-order chi connectivity index (χ0) is 28.0. The molecule has 0 saturated carbocycles. The molecule has 12 nitrogen and oxygen atoms in total. The van der Waals surface area contributed by atoms with E-state index < -0.39 is 0 Å². The number of aliphatic hydroxyl groups excluding tert-OH is 2. The number of nitrogens with one attached hydrogen (secondary N) is 1. The number of carbonyl (C=O) groups is 1. The molecule has 0 aliphatic heterocycles. The minimum Gasteiger partial charge on any atom is -0.395 e. The van der Waals surface area contributed by atoms with Gasteiger partial charge in [0, 0.05) is 50.7 Å². The highest BCUT2D eigenvalue weighted by Crippen LogP contribution is 2.16. The van der Waals surface area contributed by atoms with Crippen LogP contribution in [0.3, 0.4) is 0 Å². The predicted octanol–water partition coefficient (Wildman–Crippen LogP) is 2.09. The van der Waals surface area contributed by atoms with E-state index in [1.807, 2.05) is 46.1 Å². The lowest BCUT2D eigenvalue weighted by molar-refractivity contribution is 0.0952. The van der Waals surface area contributed by atoms with Crippen molar-refractivity contribution in [3.05, 3.63) is 72.4 Å². The summed E-state index contributed by atoms with van der Waals surface area (Å²) in [5.74, 6) is -0.148. The molecule has 4 aromatic rings. The lowest BCUT2D eigenvalue weighted by Gasteiger charge is -2.18. The molecular weight excluding hydrogens is 510 g/mol. The first-order valence-corrected chi connectivity index (χ1v) is 13.7. The molecule has 40 heavy (non-hydrogen) atoms. The first kappa shape index (κ1) is 29.0. The maximum atomic E-state index is 12.9. The summed E-state index contributed by atoms with van der Waals surface area (Å²) in [6, 6.07) is 11.2. The van der Waals surface area contributed by atoms with Gasteiger partial charge in [-0.05, 0) is 37.1 Å². The van der Waals surface area contributed by atoms with Gasteiger partial charge in [0.1, 0.15) is 5.69 Å². The van der Waals surface area contributed by atoms with Crippen LogP contribution in [0.25, 0.3) is 16.9 Å². The fraction of sp³-hybridized carbons (Fsp3) is 0.429. The van der Waals surface area contributed by atoms with Crippen molar-refractivity contribution in [3.8, 4) is 16.9 Å². The van der Waals surface area contributed by atoms with Crippen molar-refractivity contribution in [1.29, 1.82) is 0 Å². The third-order valence-corrected chi connectivity index (χ3v) is 6.50. The first-order chi connectivity index (χ1) is 19.7. The third kappa shape index (κ3) is 8.50. The number of unbranched alkanes of at least 4 members (excludes halogenated alkanes) is 4. The van der Waals surface area contributed by atoms with Crippen LogP contribution in [0.15, 0.2) is 61.2 Å². The van der Waals surface area contributed by atoms with Crippen LogP contribution < -0.4 is 5.32 Å². The Morgan fingerprint density at radius 2 is 1.70 bits per heavy atom. The Bertz CT molecular complexity index is 1300. The van der Waals surface area contributed by atoms with Gasteiger partial charge in [-0.3, -0.25) is 19.4 Å². The second-order valence-corrected chi connectivity index (χ2v) is 9.53. The van der Waals surface area contributed by atoms with Gasteiger partial charge in [-0.25, -0.2) is 4.68 Å². The first-order valence-electron chi connectivity index (χ1n) is 13.7. The monoisotopic (exact) mass is 547 g/mol. The molecule has 3 aromatic heterocycles. The predicted molar refractivity (Wildman–Crippen MR) is 149 cm³/mol. The number of rotatable bonds is 17. The van der Waals surface area contributed by atoms with Crippen LogP contribution in [0.4, 0.5) is 0 Å². The molecule has 0 aliphatic carbocycles. The number of hydrogen-bond acceptors (Lipinski definition) is 9. The zero-order valence-corrected chi connectivity index (χ0v) is 22.6. The highest BCUT2D eigenvalue weighted by Gasteiger charge is 2.15. The topological polar surface area (TPSA) is 147 Å². The molecule has 0 saturated heterocycles. The summed E-state index contributed by atoms with van der Waals surface area (Å²) in [5, 5.41) is 38.3. The number of benzene rings is 1. The van der Waals surface area contributed by atoms with Crippen molar-refractivity contribution in [2.75, 3.05) is 32.8 Å². The number of para-hydroxylation sites is 1. The average molecular weight is 548 g/mol. The summed E-state index contributed by atoms with van der Waals surface area (Å²) in [5.41, 5.74) is 3.66. The molecule has 0 aliphatic rings. The Hall–Kier alpha value is -4.00. The molecule has 12 heteroatoms. The number of hydrogen-bond donors (Lipinski definition) is 3. The Morgan fingerprint density at radius 3 is 2.50 bits per heavy atom. The molecule has 0 radical (unpaired) electrons. The summed E-state index contributed by atoms with van der Waals surface area (Å²) in [7, 11) is 0. The van der Waals surface area contributed by atoms with Crippen LogP contribution in [-0.4, -0.2) is 88.8 Å². The molecule has 4 rings (SSSR count). The molecule has 0 spiro atoms. The third-order valence-electron chi connectivity index (χ3n) is 6.50. The summed E-state index contributed by atoms with van der Waals surface area (Å²) in [4.78, 5) is 18.9. The summed E-state index contributed by atoms with van der Waals surface area (Å²) in [6.45, 7) is 2.73. The van der Waals surface area contributed by atoms with E-state index in [0.717, 1.165) is 49.9 Å². The maximum absolute atomic E-state index is 12.9. The number of carbonyl (C=O) groups excluding carboxylic acids is 1. The van der Waals surface area contributed by atoms with E-state index in [4.69, 9.17) is 0 Å². The van der Waals surface area contributed by atoms with E-state index >= 15 is 0 Å². The van der Waals surface area contributed by atoms with Crippen LogP contribution in [0.1, 0.15) is 48.2 Å². The van der Waals surface area contributed by atoms with Gasteiger partial charge in [0.2, 0.25) is 0 Å². The summed E-state index contributed by atoms with van der Waals surface area (Å²) >= 11 is 0. The molecule has 1 amide bonds. The second kappa shape index (κ2) is 15.6. The van der Waals surface area contributed by atoms with Gasteiger partial charge in [0.15, 0.2) is 0 Å². The minimum atomic E-state index is -0.148. The molecule has 1 aromatic carbocycles. The Morgan fingerprint density at radius 1 is 0.900 bits per heavy atom. The highest BCUT2D eigenvalue weighted by atomic mass is 16.3. The van der Waals surface area contributed by atoms with Gasteiger partial charge in [0.25, 0.3) is 5.91 Å². The number of aryl methyl sites for hydroxylation is 1. The van der Waals surface area contributed by atoms with Crippen LogP contribution >= 0.6 is 0 Å². The van der Waals surface area contributed by atoms with Crippen molar-refractivity contribution < 1.29 is 15.0 Å². The van der Waals surface area contributed by atoms with Crippen LogP contribution in [-0.2, 0) is 13.1 Å². The lowest BCUT2D eigenvalue weighted by Crippen LogP contribution is -2.29. The smallest absolute Gasteiger partial charge is 0.253 e. The van der Waals surface area contributed by atoms with Gasteiger partial charge in [0.05, 0.1) is 42.6 Å². The molecule has 0 atom stereocenters. The van der Waals surface area contributed by atoms with E-state index in [2.05, 4.69) is 30.9 Å². The minimum absolute atomic E-state index is 0.00562. The summed E-state index contributed by atoms with van der Waals surface area (Å²) in [6.07, 6.45) is 12.4. The standard InChI is InChI=1S/C28H37N9O3/c38-17-15-35(16-18-39)20-24-21-37(34-31-24)27-11-5-4-10-25(27)28(40)30-13-6-2-1-3-7-14-36-22-26(32-33-36)23-9-8-12-29-19-23/h4-5,8-12,19,21-22,38-39H,1-3,6-7,13-18,20H2,(H,30,40). The average Bonchev–Trinajstić information content (AvgIpc) is 3.65. The van der Waals surface area contributed by atoms with Gasteiger partial charge < -0.3 is 15.5 Å². The largest absolute Gasteiger partial charge is 0.395 e. The number of amides is 1. The van der Waals surface area contributed by atoms with Crippen LogP contribution in [0.5, 0.6) is 0 Å². The fourth-order valence-electron chi connectivity index (χ4n) is 4.42. The Balaban J connectivity index is 1.17. The van der Waals surface area contributed by atoms with Crippen molar-refractivity contribution in [2.45, 2.75) is 45.2 Å². The fourth-order valence-corrected chi connectivity index (χ4v) is 4.42. The van der Waals surface area contributed by atoms with Crippen molar-refractivity contribution in [3.63, 3.8) is 0 Å². The number of pyridine rings is 1. The Labute approximate surface area is 233 Å². The van der Waals surface area contributed by atoms with Gasteiger partial charge in [-0.15, -0.1) is 10.2 Å². The van der Waals surface area contributed by atoms with E-state index in [1.54, 1.807) is 29.3 Å². The number of aromatic nitrogens is 7. The van der Waals surface area contributed by atoms with Crippen molar-refractivity contribution >= 4 is 5.91 Å². The van der Waals surface area contributed by atoms with E-state index in [-0.39, 0.29) is 19.1 Å². The second-order valence-electron chi connectivity index (χ2n) is 9.53. The number of nitrogens with zero attached hydrogens (tertiary/aromatic N) is 8. The summed E-state index contributed by atoms with van der Waals surface area (Å²) < 4.78 is 3.47. The van der Waals surface area contributed by atoms with E-state index in [9.17, 15) is 15.0 Å². The van der Waals surface area contributed by atoms with Gasteiger partial charge in [-0.1, -0.05) is 41.8 Å². The quantitative estimate of drug-likeness (QED) is 0.169. The Kier molecular flexibility index (Phi) is 11.3. The van der Waals surface area contributed by atoms with Crippen LogP contribution in [0.2, 0.25) is 0 Å². The van der Waals surface area contributed by atoms with Crippen molar-refractivity contribution in [1.82, 2.24) is 45.2 Å². The van der Waals surface area contributed by atoms with Gasteiger partial charge >= 0.3 is 0 Å². The maximum Gasteiger partial charge on any atom is 0.253 e. The molecule has 0 bridgehead atoms. The van der Waals surface area contributed by atoms with Gasteiger partial charge in [-0.2, -0.15) is 0 Å². The number of aliphatic hydroxyl groups is 2.